The molecule has 0 bridgehead atoms. The quantitative estimate of drug-likeness (QED) is 0.381. The van der Waals surface area contributed by atoms with E-state index in [-0.39, 0.29) is 12.0 Å². The Morgan fingerprint density at radius 1 is 1.06 bits per heavy atom. The molecule has 1 fully saturated rings. The lowest BCUT2D eigenvalue weighted by Crippen LogP contribution is -2.36. The van der Waals surface area contributed by atoms with E-state index in [4.69, 9.17) is 9.47 Å². The molecule has 0 saturated carbocycles. The first-order valence-electron chi connectivity index (χ1n) is 12.3. The van der Waals surface area contributed by atoms with Gasteiger partial charge in [0.15, 0.2) is 6.29 Å². The number of hydrogen-bond acceptors (Lipinski definition) is 7. The summed E-state index contributed by atoms with van der Waals surface area (Å²) in [6, 6.07) is 17.8. The zero-order valence-electron chi connectivity index (χ0n) is 20.6. The van der Waals surface area contributed by atoms with E-state index < -0.39 is 6.29 Å². The van der Waals surface area contributed by atoms with Gasteiger partial charge in [-0.1, -0.05) is 12.1 Å². The number of ether oxygens (including phenoxy) is 2. The Morgan fingerprint density at radius 3 is 2.44 bits per heavy atom. The second-order valence-electron chi connectivity index (χ2n) is 9.24. The van der Waals surface area contributed by atoms with Crippen LogP contribution in [0.4, 0.5) is 11.5 Å². The van der Waals surface area contributed by atoms with Crippen LogP contribution in [0.5, 0.6) is 11.5 Å². The van der Waals surface area contributed by atoms with Crippen LogP contribution in [0.3, 0.4) is 0 Å². The van der Waals surface area contributed by atoms with Gasteiger partial charge in [0.05, 0.1) is 24.6 Å². The highest BCUT2D eigenvalue weighted by Gasteiger charge is 2.21. The van der Waals surface area contributed by atoms with Crippen LogP contribution < -0.4 is 19.7 Å². The normalized spacial score (nSPS) is 14.2. The van der Waals surface area contributed by atoms with Crippen molar-refractivity contribution in [2.45, 2.75) is 39.1 Å². The number of nitrogens with zero attached hydrogens (tertiary/aromatic N) is 2. The summed E-state index contributed by atoms with van der Waals surface area (Å²) >= 11 is 0. The van der Waals surface area contributed by atoms with Crippen molar-refractivity contribution in [3.63, 3.8) is 0 Å². The molecule has 190 valence electrons. The minimum atomic E-state index is -1.50. The van der Waals surface area contributed by atoms with E-state index in [2.05, 4.69) is 15.2 Å². The molecule has 1 aliphatic rings. The molecule has 3 aromatic rings. The average Bonchev–Trinajstić information content (AvgIpc) is 2.88. The smallest absolute Gasteiger partial charge is 0.255 e. The molecular weight excluding hydrogens is 458 g/mol. The number of aliphatic hydroxyl groups excluding tert-OH is 1. The van der Waals surface area contributed by atoms with Crippen molar-refractivity contribution in [2.75, 3.05) is 29.9 Å². The number of piperidine rings is 1. The Bertz CT molecular complexity index is 1120. The highest BCUT2D eigenvalue weighted by molar-refractivity contribution is 6.04. The summed E-state index contributed by atoms with van der Waals surface area (Å²) < 4.78 is 11.5. The van der Waals surface area contributed by atoms with Crippen molar-refractivity contribution in [3.8, 4) is 11.5 Å². The first-order chi connectivity index (χ1) is 17.4. The van der Waals surface area contributed by atoms with Crippen LogP contribution in [-0.2, 0) is 0 Å². The largest absolute Gasteiger partial charge is 0.493 e. The van der Waals surface area contributed by atoms with E-state index in [1.165, 1.54) is 0 Å². The maximum atomic E-state index is 12.6. The minimum absolute atomic E-state index is 0.0828. The predicted molar refractivity (Wildman–Crippen MR) is 138 cm³/mol. The fourth-order valence-electron chi connectivity index (χ4n) is 4.12. The number of anilines is 2. The van der Waals surface area contributed by atoms with Crippen LogP contribution >= 0.6 is 0 Å². The Hall–Kier alpha value is -3.62. The first-order valence-corrected chi connectivity index (χ1v) is 12.3. The van der Waals surface area contributed by atoms with Crippen LogP contribution in [0, 0.1) is 5.92 Å². The zero-order valence-corrected chi connectivity index (χ0v) is 20.6. The van der Waals surface area contributed by atoms with Gasteiger partial charge < -0.3 is 29.9 Å². The number of aliphatic hydroxyl groups is 2. The predicted octanol–water partition coefficient (Wildman–Crippen LogP) is 4.40. The number of nitrogens with one attached hydrogen (secondary N) is 1. The molecule has 0 atom stereocenters. The van der Waals surface area contributed by atoms with Crippen molar-refractivity contribution in [1.29, 1.82) is 0 Å². The highest BCUT2D eigenvalue weighted by atomic mass is 16.5. The summed E-state index contributed by atoms with van der Waals surface area (Å²) in [6.45, 7) is 6.24. The Balaban J connectivity index is 1.24. The third-order valence-electron chi connectivity index (χ3n) is 6.07. The van der Waals surface area contributed by atoms with Gasteiger partial charge >= 0.3 is 0 Å². The van der Waals surface area contributed by atoms with Crippen molar-refractivity contribution < 1.29 is 24.5 Å². The van der Waals surface area contributed by atoms with Crippen LogP contribution in [0.1, 0.15) is 48.9 Å². The maximum absolute atomic E-state index is 12.6. The number of amides is 1. The van der Waals surface area contributed by atoms with Crippen LogP contribution in [0.15, 0.2) is 66.9 Å². The van der Waals surface area contributed by atoms with Gasteiger partial charge in [0.1, 0.15) is 17.3 Å². The summed E-state index contributed by atoms with van der Waals surface area (Å²) in [6.07, 6.45) is 2.21. The van der Waals surface area contributed by atoms with Crippen LogP contribution in [0.2, 0.25) is 0 Å². The van der Waals surface area contributed by atoms with E-state index in [0.717, 1.165) is 37.5 Å². The minimum Gasteiger partial charge on any atom is -0.493 e. The number of carbonyl (C=O) groups is 1. The molecule has 3 N–H and O–H groups in total. The van der Waals surface area contributed by atoms with E-state index in [1.54, 1.807) is 48.7 Å². The molecule has 1 saturated heterocycles. The summed E-state index contributed by atoms with van der Waals surface area (Å²) in [5.74, 6) is 2.48. The topological polar surface area (TPSA) is 104 Å². The molecule has 0 spiro atoms. The summed E-state index contributed by atoms with van der Waals surface area (Å²) in [7, 11) is 0. The Kier molecular flexibility index (Phi) is 8.40. The SMILES string of the molecule is CC(C)Oc1ccc(C(=O)Nc2ccc(N3CCC(COc4cccc(C(O)O)c4)CC3)nc2)cc1. The number of aromatic nitrogens is 1. The molecule has 0 aliphatic carbocycles. The number of carbonyl (C=O) groups excluding carboxylic acids is 1. The molecule has 1 amide bonds. The highest BCUT2D eigenvalue weighted by Crippen LogP contribution is 2.25. The van der Waals surface area contributed by atoms with Gasteiger partial charge in [-0.25, -0.2) is 4.98 Å². The van der Waals surface area contributed by atoms with E-state index in [9.17, 15) is 15.0 Å². The molecule has 36 heavy (non-hydrogen) atoms. The fourth-order valence-corrected chi connectivity index (χ4v) is 4.12. The second-order valence-corrected chi connectivity index (χ2v) is 9.24. The average molecular weight is 492 g/mol. The number of rotatable bonds is 9. The molecular formula is C28H33N3O5. The summed E-state index contributed by atoms with van der Waals surface area (Å²) in [5.41, 5.74) is 1.62. The van der Waals surface area contributed by atoms with Crippen LogP contribution in [0.25, 0.3) is 0 Å². The van der Waals surface area contributed by atoms with Crippen LogP contribution in [-0.4, -0.2) is 46.9 Å². The lowest BCUT2D eigenvalue weighted by Gasteiger charge is -2.32. The molecule has 2 aromatic carbocycles. The van der Waals surface area contributed by atoms with Crippen molar-refractivity contribution in [3.05, 3.63) is 78.0 Å². The third kappa shape index (κ3) is 6.96. The van der Waals surface area contributed by atoms with Gasteiger partial charge in [-0.05, 0) is 81.1 Å². The zero-order chi connectivity index (χ0) is 25.5. The maximum Gasteiger partial charge on any atom is 0.255 e. The van der Waals surface area contributed by atoms with Crippen molar-refractivity contribution >= 4 is 17.4 Å². The standard InChI is InChI=1S/C28H33N3O5/c1-19(2)36-24-9-6-21(7-10-24)27(32)30-23-8-11-26(29-17-23)31-14-12-20(13-15-31)18-35-25-5-3-4-22(16-25)28(33)34/h3-11,16-17,19-20,28,33-34H,12-15,18H2,1-2H3,(H,30,32). The first kappa shape index (κ1) is 25.5. The lowest BCUT2D eigenvalue weighted by molar-refractivity contribution is -0.0426. The summed E-state index contributed by atoms with van der Waals surface area (Å²) in [5, 5.41) is 21.5. The number of pyridine rings is 1. The van der Waals surface area contributed by atoms with E-state index in [1.807, 2.05) is 32.0 Å². The second kappa shape index (κ2) is 11.9. The van der Waals surface area contributed by atoms with Crippen molar-refractivity contribution in [1.82, 2.24) is 4.98 Å². The van der Waals surface area contributed by atoms with Crippen molar-refractivity contribution in [2.24, 2.45) is 5.92 Å². The molecule has 8 nitrogen and oxygen atoms in total. The molecule has 1 aliphatic heterocycles. The molecule has 0 radical (unpaired) electrons. The molecule has 4 rings (SSSR count). The van der Waals surface area contributed by atoms with Gasteiger partial charge in [0, 0.05) is 24.2 Å². The third-order valence-corrected chi connectivity index (χ3v) is 6.07. The monoisotopic (exact) mass is 491 g/mol. The molecule has 0 unspecified atom stereocenters. The molecule has 8 heteroatoms. The lowest BCUT2D eigenvalue weighted by atomic mass is 9.98. The number of hydrogen-bond donors (Lipinski definition) is 3. The molecule has 1 aromatic heterocycles. The van der Waals surface area contributed by atoms with Gasteiger partial charge in [0.25, 0.3) is 5.91 Å². The fraction of sp³-hybridized carbons (Fsp3) is 0.357. The van der Waals surface area contributed by atoms with Gasteiger partial charge in [-0.15, -0.1) is 0 Å². The van der Waals surface area contributed by atoms with Gasteiger partial charge in [-0.2, -0.15) is 0 Å². The Labute approximate surface area is 211 Å². The summed E-state index contributed by atoms with van der Waals surface area (Å²) in [4.78, 5) is 19.3. The van der Waals surface area contributed by atoms with E-state index in [0.29, 0.717) is 35.1 Å². The Morgan fingerprint density at radius 2 is 1.81 bits per heavy atom. The van der Waals surface area contributed by atoms with Gasteiger partial charge in [-0.3, -0.25) is 4.79 Å². The molecule has 2 heterocycles. The number of benzene rings is 2. The van der Waals surface area contributed by atoms with E-state index >= 15 is 0 Å². The van der Waals surface area contributed by atoms with Gasteiger partial charge in [0.2, 0.25) is 0 Å².